The highest BCUT2D eigenvalue weighted by molar-refractivity contribution is 7.89. The Morgan fingerprint density at radius 3 is 2.35 bits per heavy atom. The van der Waals surface area contributed by atoms with Crippen molar-refractivity contribution in [2.75, 3.05) is 12.4 Å². The lowest BCUT2D eigenvalue weighted by Crippen LogP contribution is -2.19. The number of hydrogen-bond acceptors (Lipinski definition) is 3. The van der Waals surface area contributed by atoms with Crippen LogP contribution in [0.15, 0.2) is 12.1 Å². The summed E-state index contributed by atoms with van der Waals surface area (Å²) in [4.78, 5) is 0. The van der Waals surface area contributed by atoms with E-state index in [4.69, 9.17) is 9.88 Å². The Hall–Kier alpha value is -1.07. The minimum atomic E-state index is -3.36. The maximum atomic E-state index is 10.9. The van der Waals surface area contributed by atoms with Crippen LogP contribution in [0.2, 0.25) is 0 Å². The predicted octanol–water partition coefficient (Wildman–Crippen LogP) is 2.70. The average Bonchev–Trinajstić information content (AvgIpc) is 2.35. The van der Waals surface area contributed by atoms with Gasteiger partial charge in [0.15, 0.2) is 0 Å². The summed E-state index contributed by atoms with van der Waals surface area (Å²) < 4.78 is 27.7. The first-order valence-electron chi connectivity index (χ1n) is 6.91. The van der Waals surface area contributed by atoms with Crippen LogP contribution in [0.5, 0.6) is 5.75 Å². The number of ether oxygens (including phenoxy) is 1. The summed E-state index contributed by atoms with van der Waals surface area (Å²) in [6.07, 6.45) is 1.40. The molecule has 1 aromatic rings. The molecule has 0 aliphatic heterocycles. The van der Waals surface area contributed by atoms with Crippen LogP contribution >= 0.6 is 0 Å². The van der Waals surface area contributed by atoms with Gasteiger partial charge in [-0.2, -0.15) is 0 Å². The molecule has 4 nitrogen and oxygen atoms in total. The van der Waals surface area contributed by atoms with E-state index in [9.17, 15) is 8.42 Å². The van der Waals surface area contributed by atoms with Gasteiger partial charge in [0.1, 0.15) is 5.75 Å². The number of nitrogens with two attached hydrogens (primary N) is 1. The van der Waals surface area contributed by atoms with E-state index in [0.717, 1.165) is 17.7 Å². The first-order valence-corrected chi connectivity index (χ1v) is 8.62. The van der Waals surface area contributed by atoms with Gasteiger partial charge in [0.05, 0.1) is 12.4 Å². The van der Waals surface area contributed by atoms with E-state index in [1.54, 1.807) is 0 Å². The summed E-state index contributed by atoms with van der Waals surface area (Å²) in [5.74, 6) is 1.26. The molecule has 1 unspecified atom stereocenters. The first kappa shape index (κ1) is 17.0. The second kappa shape index (κ2) is 7.09. The monoisotopic (exact) mass is 299 g/mol. The molecule has 20 heavy (non-hydrogen) atoms. The zero-order valence-corrected chi connectivity index (χ0v) is 13.6. The molecule has 0 aromatic heterocycles. The first-order chi connectivity index (χ1) is 9.20. The van der Waals surface area contributed by atoms with Crippen LogP contribution in [-0.4, -0.2) is 20.8 Å². The smallest absolute Gasteiger partial charge is 0.209 e. The van der Waals surface area contributed by atoms with Gasteiger partial charge in [-0.25, -0.2) is 13.6 Å². The van der Waals surface area contributed by atoms with Gasteiger partial charge in [-0.15, -0.1) is 0 Å². The van der Waals surface area contributed by atoms with E-state index in [-0.39, 0.29) is 11.7 Å². The Labute approximate surface area is 122 Å². The normalized spacial score (nSPS) is 13.2. The van der Waals surface area contributed by atoms with Crippen molar-refractivity contribution in [1.82, 2.24) is 0 Å². The molecule has 114 valence electrons. The van der Waals surface area contributed by atoms with Crippen LogP contribution in [0, 0.1) is 26.7 Å². The molecule has 0 fully saturated rings. The van der Waals surface area contributed by atoms with Gasteiger partial charge in [0.2, 0.25) is 10.0 Å². The molecular formula is C15H25NO3S. The lowest BCUT2D eigenvalue weighted by atomic mass is 10.0. The van der Waals surface area contributed by atoms with Crippen molar-refractivity contribution in [2.24, 2.45) is 11.1 Å². The van der Waals surface area contributed by atoms with Crippen LogP contribution in [0.4, 0.5) is 0 Å². The van der Waals surface area contributed by atoms with E-state index < -0.39 is 10.0 Å². The number of aryl methyl sites for hydroxylation is 2. The SMILES string of the molecule is Cc1ccc(C)c(OCCC(C)CCS(N)(=O)=O)c1C. The largest absolute Gasteiger partial charge is 0.493 e. The quantitative estimate of drug-likeness (QED) is 0.841. The molecule has 0 saturated heterocycles. The molecule has 1 aromatic carbocycles. The highest BCUT2D eigenvalue weighted by Gasteiger charge is 2.10. The zero-order valence-electron chi connectivity index (χ0n) is 12.8. The molecule has 0 amide bonds. The number of sulfonamides is 1. The van der Waals surface area contributed by atoms with E-state index in [1.807, 2.05) is 13.8 Å². The van der Waals surface area contributed by atoms with Gasteiger partial charge in [-0.05, 0) is 56.2 Å². The Balaban J connectivity index is 2.47. The Morgan fingerprint density at radius 1 is 1.15 bits per heavy atom. The fourth-order valence-electron chi connectivity index (χ4n) is 2.02. The minimum Gasteiger partial charge on any atom is -0.493 e. The summed E-state index contributed by atoms with van der Waals surface area (Å²) in [6, 6.07) is 4.15. The summed E-state index contributed by atoms with van der Waals surface area (Å²) in [7, 11) is -3.36. The zero-order chi connectivity index (χ0) is 15.3. The third-order valence-electron chi connectivity index (χ3n) is 3.63. The summed E-state index contributed by atoms with van der Waals surface area (Å²) in [6.45, 7) is 8.77. The van der Waals surface area contributed by atoms with Crippen LogP contribution in [0.25, 0.3) is 0 Å². The molecule has 1 rings (SSSR count). The number of rotatable bonds is 7. The van der Waals surface area contributed by atoms with Gasteiger partial charge in [0.25, 0.3) is 0 Å². The van der Waals surface area contributed by atoms with Crippen LogP contribution in [-0.2, 0) is 10.0 Å². The van der Waals surface area contributed by atoms with E-state index >= 15 is 0 Å². The molecule has 0 spiro atoms. The Kier molecular flexibility index (Phi) is 6.02. The molecule has 0 bridgehead atoms. The van der Waals surface area contributed by atoms with Gasteiger partial charge in [0, 0.05) is 0 Å². The lowest BCUT2D eigenvalue weighted by Gasteiger charge is -2.16. The molecule has 0 heterocycles. The Morgan fingerprint density at radius 2 is 1.75 bits per heavy atom. The van der Waals surface area contributed by atoms with Crippen LogP contribution < -0.4 is 9.88 Å². The number of primary sulfonamides is 1. The van der Waals surface area contributed by atoms with Crippen molar-refractivity contribution in [2.45, 2.75) is 40.5 Å². The van der Waals surface area contributed by atoms with Crippen molar-refractivity contribution in [3.8, 4) is 5.75 Å². The number of benzene rings is 1. The third-order valence-corrected chi connectivity index (χ3v) is 4.43. The molecule has 0 saturated carbocycles. The van der Waals surface area contributed by atoms with Gasteiger partial charge in [-0.1, -0.05) is 19.1 Å². The predicted molar refractivity (Wildman–Crippen MR) is 82.5 cm³/mol. The summed E-state index contributed by atoms with van der Waals surface area (Å²) >= 11 is 0. The molecular weight excluding hydrogens is 274 g/mol. The molecule has 5 heteroatoms. The molecule has 2 N–H and O–H groups in total. The topological polar surface area (TPSA) is 69.4 Å². The minimum absolute atomic E-state index is 0.0384. The van der Waals surface area contributed by atoms with Gasteiger partial charge >= 0.3 is 0 Å². The second-order valence-electron chi connectivity index (χ2n) is 5.55. The lowest BCUT2D eigenvalue weighted by molar-refractivity contribution is 0.278. The Bertz CT molecular complexity index is 552. The third kappa shape index (κ3) is 5.51. The summed E-state index contributed by atoms with van der Waals surface area (Å²) in [5, 5.41) is 5.00. The van der Waals surface area contributed by atoms with E-state index in [0.29, 0.717) is 13.0 Å². The van der Waals surface area contributed by atoms with Crippen molar-refractivity contribution < 1.29 is 13.2 Å². The van der Waals surface area contributed by atoms with Crippen molar-refractivity contribution in [3.05, 3.63) is 28.8 Å². The molecule has 0 aliphatic carbocycles. The maximum absolute atomic E-state index is 10.9. The second-order valence-corrected chi connectivity index (χ2v) is 7.29. The van der Waals surface area contributed by atoms with E-state index in [1.165, 1.54) is 11.1 Å². The van der Waals surface area contributed by atoms with Crippen LogP contribution in [0.3, 0.4) is 0 Å². The van der Waals surface area contributed by atoms with Gasteiger partial charge in [-0.3, -0.25) is 0 Å². The standard InChI is InChI=1S/C15H25NO3S/c1-11(8-10-20(16,17)18)7-9-19-15-13(3)6-5-12(2)14(15)4/h5-6,11H,7-10H2,1-4H3,(H2,16,17,18). The molecule has 0 radical (unpaired) electrons. The molecule has 1 atom stereocenters. The van der Waals surface area contributed by atoms with E-state index in [2.05, 4.69) is 26.0 Å². The fraction of sp³-hybridized carbons (Fsp3) is 0.600. The highest BCUT2D eigenvalue weighted by atomic mass is 32.2. The maximum Gasteiger partial charge on any atom is 0.209 e. The van der Waals surface area contributed by atoms with Gasteiger partial charge < -0.3 is 4.74 Å². The fourth-order valence-corrected chi connectivity index (χ4v) is 2.75. The summed E-state index contributed by atoms with van der Waals surface area (Å²) in [5.41, 5.74) is 3.51. The van der Waals surface area contributed by atoms with Crippen molar-refractivity contribution in [3.63, 3.8) is 0 Å². The average molecular weight is 299 g/mol. The molecule has 0 aliphatic rings. The van der Waals surface area contributed by atoms with Crippen molar-refractivity contribution >= 4 is 10.0 Å². The van der Waals surface area contributed by atoms with Crippen LogP contribution in [0.1, 0.15) is 36.5 Å². The number of hydrogen-bond donors (Lipinski definition) is 1. The highest BCUT2D eigenvalue weighted by Crippen LogP contribution is 2.26. The van der Waals surface area contributed by atoms with Crippen molar-refractivity contribution in [1.29, 1.82) is 0 Å².